The fourth-order valence-electron chi connectivity index (χ4n) is 2.19. The molecule has 0 aliphatic carbocycles. The van der Waals surface area contributed by atoms with Crippen LogP contribution in [0.15, 0.2) is 40.9 Å². The minimum atomic E-state index is -1.01. The smallest absolute Gasteiger partial charge is 0.126 e. The van der Waals surface area contributed by atoms with Crippen molar-refractivity contribution in [1.29, 1.82) is 0 Å². The molecule has 2 unspecified atom stereocenters. The molecule has 0 aromatic heterocycles. The quantitative estimate of drug-likeness (QED) is 0.842. The van der Waals surface area contributed by atoms with Crippen molar-refractivity contribution in [3.05, 3.63) is 68.7 Å². The first-order chi connectivity index (χ1) is 9.92. The lowest BCUT2D eigenvalue weighted by molar-refractivity contribution is 0.146. The van der Waals surface area contributed by atoms with Crippen LogP contribution in [0, 0.1) is 11.6 Å². The Hall–Kier alpha value is -1.01. The van der Waals surface area contributed by atoms with Crippen LogP contribution in [0.5, 0.6) is 0 Å². The number of hydrogen-bond acceptors (Lipinski definition) is 2. The highest BCUT2D eigenvalue weighted by Crippen LogP contribution is 2.35. The van der Waals surface area contributed by atoms with Crippen molar-refractivity contribution in [2.75, 3.05) is 6.54 Å². The topological polar surface area (TPSA) is 46.2 Å². The van der Waals surface area contributed by atoms with E-state index in [4.69, 9.17) is 17.3 Å². The van der Waals surface area contributed by atoms with E-state index in [9.17, 15) is 13.9 Å². The predicted molar refractivity (Wildman–Crippen MR) is 82.3 cm³/mol. The van der Waals surface area contributed by atoms with Gasteiger partial charge in [0.2, 0.25) is 0 Å². The van der Waals surface area contributed by atoms with Crippen molar-refractivity contribution in [3.63, 3.8) is 0 Å². The largest absolute Gasteiger partial charge is 0.388 e. The van der Waals surface area contributed by atoms with E-state index < -0.39 is 23.7 Å². The Labute approximate surface area is 134 Å². The molecule has 6 heteroatoms. The second-order valence-corrected chi connectivity index (χ2v) is 5.95. The number of benzene rings is 2. The van der Waals surface area contributed by atoms with E-state index in [1.165, 1.54) is 12.1 Å². The standard InChI is InChI=1S/C15H13BrClF2NO/c16-14-5-9(17)1-2-12(14)15(21)13(7-20)8-3-10(18)6-11(19)4-8/h1-6,13,15,21H,7,20H2. The van der Waals surface area contributed by atoms with Gasteiger partial charge in [-0.3, -0.25) is 0 Å². The van der Waals surface area contributed by atoms with Crippen molar-refractivity contribution < 1.29 is 13.9 Å². The predicted octanol–water partition coefficient (Wildman–Crippen LogP) is 4.16. The molecule has 112 valence electrons. The zero-order valence-electron chi connectivity index (χ0n) is 10.9. The fourth-order valence-corrected chi connectivity index (χ4v) is 3.11. The number of aliphatic hydroxyl groups excluding tert-OH is 1. The van der Waals surface area contributed by atoms with Crippen LogP contribution in [-0.2, 0) is 0 Å². The monoisotopic (exact) mass is 375 g/mol. The van der Waals surface area contributed by atoms with Crippen LogP contribution in [0.2, 0.25) is 5.02 Å². The van der Waals surface area contributed by atoms with Gasteiger partial charge < -0.3 is 10.8 Å². The Bertz CT molecular complexity index is 633. The van der Waals surface area contributed by atoms with Crippen molar-refractivity contribution in [2.24, 2.45) is 5.73 Å². The SMILES string of the molecule is NCC(c1cc(F)cc(F)c1)C(O)c1ccc(Cl)cc1Br. The highest BCUT2D eigenvalue weighted by molar-refractivity contribution is 9.10. The number of halogens is 4. The first-order valence-electron chi connectivity index (χ1n) is 6.21. The zero-order valence-corrected chi connectivity index (χ0v) is 13.2. The molecule has 0 aliphatic rings. The van der Waals surface area contributed by atoms with Gasteiger partial charge in [0.1, 0.15) is 11.6 Å². The summed E-state index contributed by atoms with van der Waals surface area (Å²) in [6.45, 7) is 0.0408. The van der Waals surface area contributed by atoms with E-state index >= 15 is 0 Å². The van der Waals surface area contributed by atoms with Crippen LogP contribution in [-0.4, -0.2) is 11.7 Å². The molecule has 0 saturated heterocycles. The summed E-state index contributed by atoms with van der Waals surface area (Å²) in [6, 6.07) is 8.04. The van der Waals surface area contributed by atoms with Gasteiger partial charge in [0, 0.05) is 28.0 Å². The average Bonchev–Trinajstić information content (AvgIpc) is 2.38. The molecule has 0 saturated carbocycles. The van der Waals surface area contributed by atoms with Crippen LogP contribution >= 0.6 is 27.5 Å². The summed E-state index contributed by atoms with van der Waals surface area (Å²) in [7, 11) is 0. The average molecular weight is 377 g/mol. The van der Waals surface area contributed by atoms with Gasteiger partial charge in [0.25, 0.3) is 0 Å². The molecule has 3 N–H and O–H groups in total. The van der Waals surface area contributed by atoms with Crippen molar-refractivity contribution in [3.8, 4) is 0 Å². The first-order valence-corrected chi connectivity index (χ1v) is 7.38. The van der Waals surface area contributed by atoms with Crippen LogP contribution in [0.4, 0.5) is 8.78 Å². The maximum absolute atomic E-state index is 13.3. The molecule has 0 bridgehead atoms. The van der Waals surface area contributed by atoms with E-state index in [1.54, 1.807) is 18.2 Å². The van der Waals surface area contributed by atoms with Crippen molar-refractivity contribution in [1.82, 2.24) is 0 Å². The minimum Gasteiger partial charge on any atom is -0.388 e. The molecule has 0 fully saturated rings. The minimum absolute atomic E-state index is 0.0408. The molecular formula is C15H13BrClF2NO. The second kappa shape index (κ2) is 6.83. The first kappa shape index (κ1) is 16.4. The van der Waals surface area contributed by atoms with Gasteiger partial charge in [0.15, 0.2) is 0 Å². The second-order valence-electron chi connectivity index (χ2n) is 4.66. The number of nitrogens with two attached hydrogens (primary N) is 1. The van der Waals surface area contributed by atoms with Gasteiger partial charge in [-0.1, -0.05) is 33.6 Å². The van der Waals surface area contributed by atoms with Crippen LogP contribution in [0.25, 0.3) is 0 Å². The van der Waals surface area contributed by atoms with Gasteiger partial charge in [0.05, 0.1) is 6.10 Å². The molecule has 2 aromatic carbocycles. The van der Waals surface area contributed by atoms with E-state index in [-0.39, 0.29) is 6.54 Å². The van der Waals surface area contributed by atoms with Gasteiger partial charge in [-0.15, -0.1) is 0 Å². The van der Waals surface area contributed by atoms with Crippen LogP contribution in [0.1, 0.15) is 23.1 Å². The highest BCUT2D eigenvalue weighted by Gasteiger charge is 2.24. The Morgan fingerprint density at radius 1 is 1.14 bits per heavy atom. The molecule has 0 spiro atoms. The molecule has 2 atom stereocenters. The number of aliphatic hydroxyl groups is 1. The molecule has 0 radical (unpaired) electrons. The van der Waals surface area contributed by atoms with Gasteiger partial charge in [-0.05, 0) is 35.4 Å². The zero-order chi connectivity index (χ0) is 15.6. The number of rotatable bonds is 4. The summed E-state index contributed by atoms with van der Waals surface area (Å²) in [5.41, 5.74) is 6.54. The summed E-state index contributed by atoms with van der Waals surface area (Å²) >= 11 is 9.17. The third kappa shape index (κ3) is 3.80. The molecule has 0 aliphatic heterocycles. The number of hydrogen-bond donors (Lipinski definition) is 2. The molecule has 0 amide bonds. The third-order valence-corrected chi connectivity index (χ3v) is 4.15. The third-order valence-electron chi connectivity index (χ3n) is 3.23. The molecule has 2 rings (SSSR count). The van der Waals surface area contributed by atoms with E-state index in [2.05, 4.69) is 15.9 Å². The summed E-state index contributed by atoms with van der Waals surface area (Å²) in [6.07, 6.45) is -1.01. The van der Waals surface area contributed by atoms with Crippen LogP contribution < -0.4 is 5.73 Å². The van der Waals surface area contributed by atoms with E-state index in [0.29, 0.717) is 20.6 Å². The fraction of sp³-hybridized carbons (Fsp3) is 0.200. The maximum atomic E-state index is 13.3. The Morgan fingerprint density at radius 2 is 1.76 bits per heavy atom. The molecule has 2 nitrogen and oxygen atoms in total. The van der Waals surface area contributed by atoms with Crippen molar-refractivity contribution >= 4 is 27.5 Å². The Morgan fingerprint density at radius 3 is 2.29 bits per heavy atom. The Balaban J connectivity index is 2.40. The normalized spacial score (nSPS) is 14.0. The maximum Gasteiger partial charge on any atom is 0.126 e. The lowest BCUT2D eigenvalue weighted by Crippen LogP contribution is -2.20. The van der Waals surface area contributed by atoms with Gasteiger partial charge in [-0.2, -0.15) is 0 Å². The Kier molecular flexibility index (Phi) is 5.32. The summed E-state index contributed by atoms with van der Waals surface area (Å²) in [4.78, 5) is 0. The summed E-state index contributed by atoms with van der Waals surface area (Å²) < 4.78 is 27.3. The van der Waals surface area contributed by atoms with Crippen molar-refractivity contribution in [2.45, 2.75) is 12.0 Å². The van der Waals surface area contributed by atoms with E-state index in [0.717, 1.165) is 6.07 Å². The highest BCUT2D eigenvalue weighted by atomic mass is 79.9. The van der Waals surface area contributed by atoms with Crippen LogP contribution in [0.3, 0.4) is 0 Å². The molecular weight excluding hydrogens is 364 g/mol. The van der Waals surface area contributed by atoms with E-state index in [1.807, 2.05) is 0 Å². The van der Waals surface area contributed by atoms with Gasteiger partial charge in [-0.25, -0.2) is 8.78 Å². The summed E-state index contributed by atoms with van der Waals surface area (Å²) in [5.74, 6) is -2.04. The lowest BCUT2D eigenvalue weighted by atomic mass is 9.89. The molecule has 2 aromatic rings. The molecule has 21 heavy (non-hydrogen) atoms. The summed E-state index contributed by atoms with van der Waals surface area (Å²) in [5, 5.41) is 11.0. The molecule has 0 heterocycles. The lowest BCUT2D eigenvalue weighted by Gasteiger charge is -2.23. The van der Waals surface area contributed by atoms with Gasteiger partial charge >= 0.3 is 0 Å².